The molecule has 318 valence electrons. The van der Waals surface area contributed by atoms with E-state index in [9.17, 15) is 14.4 Å². The maximum absolute atomic E-state index is 12.9. The summed E-state index contributed by atoms with van der Waals surface area (Å²) >= 11 is 0. The topological polar surface area (TPSA) is 279 Å². The number of oxazole rings is 1. The summed E-state index contributed by atoms with van der Waals surface area (Å²) in [5.41, 5.74) is 15.9. The molecule has 22 heteroatoms. The highest BCUT2D eigenvalue weighted by Crippen LogP contribution is 2.32. The number of nitrogen functional groups attached to an aromatic ring is 2. The third kappa shape index (κ3) is 9.71. The van der Waals surface area contributed by atoms with Crippen molar-refractivity contribution in [3.8, 4) is 11.3 Å². The number of nitrogens with one attached hydrogen (secondary N) is 3. The summed E-state index contributed by atoms with van der Waals surface area (Å²) in [5.74, 6) is 0.876. The van der Waals surface area contributed by atoms with Crippen molar-refractivity contribution in [3.63, 3.8) is 0 Å². The zero-order valence-corrected chi connectivity index (χ0v) is 33.5. The van der Waals surface area contributed by atoms with Gasteiger partial charge in [0.2, 0.25) is 17.8 Å². The predicted octanol–water partition coefficient (Wildman–Crippen LogP) is 0.484. The lowest BCUT2D eigenvalue weighted by Gasteiger charge is -2.34. The van der Waals surface area contributed by atoms with Crippen LogP contribution in [0.1, 0.15) is 40.0 Å². The molecule has 61 heavy (non-hydrogen) atoms. The van der Waals surface area contributed by atoms with E-state index < -0.39 is 0 Å². The van der Waals surface area contributed by atoms with Gasteiger partial charge in [0.25, 0.3) is 17.8 Å². The number of carbonyl (C=O) groups excluding carboxylic acids is 3. The van der Waals surface area contributed by atoms with Crippen LogP contribution in [0.3, 0.4) is 0 Å². The van der Waals surface area contributed by atoms with E-state index >= 15 is 0 Å². The second-order valence-electron chi connectivity index (χ2n) is 14.5. The highest BCUT2D eigenvalue weighted by molar-refractivity contribution is 5.99. The highest BCUT2D eigenvalue weighted by atomic mass is 16.5. The van der Waals surface area contributed by atoms with Crippen molar-refractivity contribution in [1.29, 1.82) is 0 Å². The SMILES string of the molecule is Nc1nc2cc(-c3nn(CCCCNC(=O)c4cnc(N5CCN(C(=O)CCOCCNC(=O)c6cnc(N7CCNCC7)nc6)CC5)nc4)c4ncnc(N)c34)ccc2o1. The Morgan fingerprint density at radius 3 is 2.16 bits per heavy atom. The van der Waals surface area contributed by atoms with E-state index in [0.717, 1.165) is 31.7 Å². The summed E-state index contributed by atoms with van der Waals surface area (Å²) in [6.45, 7) is 7.34. The van der Waals surface area contributed by atoms with Crippen molar-refractivity contribution >= 4 is 63.6 Å². The molecule has 0 unspecified atom stereocenters. The van der Waals surface area contributed by atoms with Crippen LogP contribution in [0.5, 0.6) is 0 Å². The predicted molar refractivity (Wildman–Crippen MR) is 224 cm³/mol. The molecule has 2 fully saturated rings. The fraction of sp³-hybridized carbons (Fsp3) is 0.410. The van der Waals surface area contributed by atoms with Gasteiger partial charge < -0.3 is 51.3 Å². The number of hydrogen-bond donors (Lipinski definition) is 5. The maximum atomic E-state index is 12.9. The normalized spacial score (nSPS) is 14.5. The van der Waals surface area contributed by atoms with Crippen LogP contribution in [0.2, 0.25) is 0 Å². The van der Waals surface area contributed by atoms with Gasteiger partial charge in [-0.3, -0.25) is 14.4 Å². The Hall–Kier alpha value is -7.07. The van der Waals surface area contributed by atoms with E-state index in [0.29, 0.717) is 115 Å². The summed E-state index contributed by atoms with van der Waals surface area (Å²) in [4.78, 5) is 74.4. The molecule has 0 saturated carbocycles. The number of hydrogen-bond acceptors (Lipinski definition) is 18. The van der Waals surface area contributed by atoms with Crippen molar-refractivity contribution in [2.75, 3.05) is 99.9 Å². The average Bonchev–Trinajstić information content (AvgIpc) is 3.87. The molecule has 0 atom stereocenters. The van der Waals surface area contributed by atoms with E-state index in [2.05, 4.69) is 55.7 Å². The van der Waals surface area contributed by atoms with Crippen molar-refractivity contribution in [3.05, 3.63) is 60.4 Å². The fourth-order valence-electron chi connectivity index (χ4n) is 7.15. The monoisotopic (exact) mass is 833 g/mol. The number of nitrogens with two attached hydrogens (primary N) is 2. The van der Waals surface area contributed by atoms with Crippen molar-refractivity contribution in [2.45, 2.75) is 25.8 Å². The van der Waals surface area contributed by atoms with E-state index in [4.69, 9.17) is 25.7 Å². The number of ether oxygens (including phenoxy) is 1. The lowest BCUT2D eigenvalue weighted by molar-refractivity contribution is -0.132. The van der Waals surface area contributed by atoms with Gasteiger partial charge in [0, 0.05) is 102 Å². The Balaban J connectivity index is 0.712. The Morgan fingerprint density at radius 2 is 1.46 bits per heavy atom. The molecule has 7 N–H and O–H groups in total. The van der Waals surface area contributed by atoms with Gasteiger partial charge in [-0.1, -0.05) is 0 Å². The van der Waals surface area contributed by atoms with Gasteiger partial charge >= 0.3 is 0 Å². The minimum absolute atomic E-state index is 0.00705. The lowest BCUT2D eigenvalue weighted by Crippen LogP contribution is -2.49. The fourth-order valence-corrected chi connectivity index (χ4v) is 7.15. The van der Waals surface area contributed by atoms with Crippen LogP contribution in [0.15, 0.2) is 53.7 Å². The molecule has 0 spiro atoms. The largest absolute Gasteiger partial charge is 0.424 e. The molecule has 0 radical (unpaired) electrons. The highest BCUT2D eigenvalue weighted by Gasteiger charge is 2.23. The van der Waals surface area contributed by atoms with Crippen LogP contribution in [-0.2, 0) is 16.1 Å². The van der Waals surface area contributed by atoms with E-state index in [1.54, 1.807) is 15.6 Å². The number of rotatable bonds is 16. The molecule has 1 aromatic carbocycles. The van der Waals surface area contributed by atoms with Gasteiger partial charge in [-0.15, -0.1) is 0 Å². The Labute approximate surface area is 349 Å². The van der Waals surface area contributed by atoms with Crippen molar-refractivity contribution in [1.82, 2.24) is 65.5 Å². The summed E-state index contributed by atoms with van der Waals surface area (Å²) in [6.07, 6.45) is 9.12. The number of unbranched alkanes of at least 4 members (excludes halogenated alkanes) is 1. The standard InChI is InChI=1S/C39H47N17O5/c40-33-31-32(25-3-4-29-28(19-25)51-37(41)61-29)52-56(34(31)50-24-49-33)10-2-1-6-43-35(58)26-20-47-39(48-21-26)55-15-13-53(14-16-55)30(57)5-17-60-18-9-44-36(59)27-22-45-38(46-23-27)54-11-7-42-8-12-54/h3-4,19-24,42H,1-2,5-18H2,(H2,41,51)(H,43,58)(H,44,59)(H2,40,49,50). The number of benzene rings is 1. The minimum Gasteiger partial charge on any atom is -0.424 e. The van der Waals surface area contributed by atoms with Crippen molar-refractivity contribution < 1.29 is 23.5 Å². The third-order valence-electron chi connectivity index (χ3n) is 10.4. The molecule has 0 aliphatic carbocycles. The molecular formula is C39H47N17O5. The second-order valence-corrected chi connectivity index (χ2v) is 14.5. The molecule has 0 bridgehead atoms. The zero-order chi connectivity index (χ0) is 42.1. The van der Waals surface area contributed by atoms with E-state index in [1.165, 1.54) is 31.1 Å². The van der Waals surface area contributed by atoms with E-state index in [1.807, 2.05) is 17.0 Å². The molecule has 6 aromatic rings. The van der Waals surface area contributed by atoms with Crippen LogP contribution in [-0.4, -0.2) is 146 Å². The van der Waals surface area contributed by atoms with Crippen LogP contribution >= 0.6 is 0 Å². The molecule has 2 aliphatic heterocycles. The second kappa shape index (κ2) is 18.9. The molecular weight excluding hydrogens is 787 g/mol. The molecule has 3 amide bonds. The number of nitrogens with zero attached hydrogens (tertiary/aromatic N) is 12. The van der Waals surface area contributed by atoms with Gasteiger partial charge in [0.05, 0.1) is 36.1 Å². The number of fused-ring (bicyclic) bond motifs is 2. The minimum atomic E-state index is -0.278. The molecule has 5 aromatic heterocycles. The average molecular weight is 834 g/mol. The summed E-state index contributed by atoms with van der Waals surface area (Å²) in [7, 11) is 0. The van der Waals surface area contributed by atoms with Gasteiger partial charge in [0.1, 0.15) is 23.4 Å². The van der Waals surface area contributed by atoms with Gasteiger partial charge in [-0.05, 0) is 31.0 Å². The van der Waals surface area contributed by atoms with Gasteiger partial charge in [-0.25, -0.2) is 34.6 Å². The number of piperazine rings is 2. The Morgan fingerprint density at radius 1 is 0.787 bits per heavy atom. The number of anilines is 4. The first-order chi connectivity index (χ1) is 29.8. The third-order valence-corrected chi connectivity index (χ3v) is 10.4. The Bertz CT molecular complexity index is 2460. The Kier molecular flexibility index (Phi) is 12.6. The lowest BCUT2D eigenvalue weighted by atomic mass is 10.1. The molecule has 2 saturated heterocycles. The zero-order valence-electron chi connectivity index (χ0n) is 33.5. The van der Waals surface area contributed by atoms with E-state index in [-0.39, 0.29) is 43.4 Å². The quantitative estimate of drug-likeness (QED) is 0.0830. The summed E-state index contributed by atoms with van der Waals surface area (Å²) in [6, 6.07) is 5.56. The first-order valence-electron chi connectivity index (χ1n) is 20.2. The molecule has 7 heterocycles. The van der Waals surface area contributed by atoms with Crippen LogP contribution in [0, 0.1) is 0 Å². The van der Waals surface area contributed by atoms with Gasteiger partial charge in [0.15, 0.2) is 11.2 Å². The summed E-state index contributed by atoms with van der Waals surface area (Å²) < 4.78 is 12.8. The number of aryl methyl sites for hydroxylation is 1. The molecule has 8 rings (SSSR count). The number of carbonyl (C=O) groups is 3. The maximum Gasteiger partial charge on any atom is 0.292 e. The van der Waals surface area contributed by atoms with Crippen LogP contribution in [0.25, 0.3) is 33.4 Å². The first-order valence-corrected chi connectivity index (χ1v) is 20.2. The van der Waals surface area contributed by atoms with Crippen LogP contribution in [0.4, 0.5) is 23.7 Å². The molecule has 2 aliphatic rings. The first kappa shape index (κ1) is 40.7. The number of aromatic nitrogens is 9. The smallest absolute Gasteiger partial charge is 0.292 e. The molecule has 22 nitrogen and oxygen atoms in total. The summed E-state index contributed by atoms with van der Waals surface area (Å²) in [5, 5.41) is 14.5. The van der Waals surface area contributed by atoms with Crippen molar-refractivity contribution in [2.24, 2.45) is 0 Å². The van der Waals surface area contributed by atoms with Crippen LogP contribution < -0.4 is 37.2 Å². The van der Waals surface area contributed by atoms with Gasteiger partial charge in [-0.2, -0.15) is 10.1 Å². The number of amides is 3.